The Hall–Kier alpha value is -1.29. The highest BCUT2D eigenvalue weighted by molar-refractivity contribution is 8.02. The number of rotatable bonds is 4. The van der Waals surface area contributed by atoms with Crippen LogP contribution in [0.25, 0.3) is 0 Å². The molecule has 0 saturated heterocycles. The van der Waals surface area contributed by atoms with Crippen LogP contribution in [0.3, 0.4) is 0 Å². The smallest absolute Gasteiger partial charge is 0.182 e. The Morgan fingerprint density at radius 3 is 2.94 bits per heavy atom. The van der Waals surface area contributed by atoms with Crippen molar-refractivity contribution in [3.63, 3.8) is 0 Å². The largest absolute Gasteiger partial charge is 0.494 e. The van der Waals surface area contributed by atoms with Crippen LogP contribution in [-0.4, -0.2) is 29.9 Å². The molecule has 0 saturated carbocycles. The number of hydrogen-bond donors (Lipinski definition) is 0. The number of nitrogens with zero attached hydrogens (tertiary/aromatic N) is 1. The summed E-state index contributed by atoms with van der Waals surface area (Å²) < 4.78 is 5.42. The third-order valence-electron chi connectivity index (χ3n) is 2.56. The Morgan fingerprint density at radius 2 is 2.28 bits per heavy atom. The average molecular weight is 263 g/mol. The van der Waals surface area contributed by atoms with Gasteiger partial charge in [-0.2, -0.15) is 0 Å². The molecule has 3 nitrogen and oxygen atoms in total. The van der Waals surface area contributed by atoms with Crippen LogP contribution in [0, 0.1) is 0 Å². The maximum atomic E-state index is 12.2. The van der Waals surface area contributed by atoms with Gasteiger partial charge < -0.3 is 4.74 Å². The summed E-state index contributed by atoms with van der Waals surface area (Å²) in [5, 5.41) is -0.181. The predicted octanol–water partition coefficient (Wildman–Crippen LogP) is 3.22. The standard InChI is InChI=1S/C14H17NO2S/c1-4-17-10-5-6-12-11(7-10)14(16)13(18-12)8-15-9(2)3/h5-9,13H,4H2,1-3H3/t13-/m1/s1. The summed E-state index contributed by atoms with van der Waals surface area (Å²) in [4.78, 5) is 17.5. The number of ether oxygens (including phenoxy) is 1. The van der Waals surface area contributed by atoms with Crippen molar-refractivity contribution in [1.29, 1.82) is 0 Å². The SMILES string of the molecule is CCOc1ccc2c(c1)C(=O)[C@@H](C=NC(C)C)S2. The lowest BCUT2D eigenvalue weighted by atomic mass is 10.1. The van der Waals surface area contributed by atoms with E-state index in [1.807, 2.05) is 39.0 Å². The maximum absolute atomic E-state index is 12.2. The first-order chi connectivity index (χ1) is 8.61. The second-order valence-corrected chi connectivity index (χ2v) is 5.57. The fourth-order valence-corrected chi connectivity index (χ4v) is 2.82. The Bertz CT molecular complexity index is 483. The Balaban J connectivity index is 2.20. The molecule has 4 heteroatoms. The molecule has 0 aliphatic carbocycles. The van der Waals surface area contributed by atoms with Crippen LogP contribution in [0.4, 0.5) is 0 Å². The van der Waals surface area contributed by atoms with Gasteiger partial charge in [0, 0.05) is 22.7 Å². The van der Waals surface area contributed by atoms with Gasteiger partial charge >= 0.3 is 0 Å². The first-order valence-electron chi connectivity index (χ1n) is 6.12. The van der Waals surface area contributed by atoms with Gasteiger partial charge in [0.15, 0.2) is 5.78 Å². The van der Waals surface area contributed by atoms with Gasteiger partial charge in [-0.25, -0.2) is 0 Å². The Labute approximate surface area is 112 Å². The second kappa shape index (κ2) is 5.57. The van der Waals surface area contributed by atoms with Crippen LogP contribution in [0.1, 0.15) is 31.1 Å². The molecule has 18 heavy (non-hydrogen) atoms. The monoisotopic (exact) mass is 263 g/mol. The number of Topliss-reactive ketones (excluding diaryl/α,β-unsaturated/α-hetero) is 1. The molecule has 1 aliphatic heterocycles. The lowest BCUT2D eigenvalue weighted by molar-refractivity contribution is 0.101. The summed E-state index contributed by atoms with van der Waals surface area (Å²) in [6.45, 7) is 6.54. The third-order valence-corrected chi connectivity index (χ3v) is 3.76. The van der Waals surface area contributed by atoms with Gasteiger partial charge in [0.2, 0.25) is 0 Å². The van der Waals surface area contributed by atoms with E-state index in [9.17, 15) is 4.79 Å². The molecule has 0 spiro atoms. The molecule has 1 heterocycles. The molecule has 0 unspecified atom stereocenters. The van der Waals surface area contributed by atoms with Gasteiger partial charge in [-0.05, 0) is 39.0 Å². The summed E-state index contributed by atoms with van der Waals surface area (Å²) in [5.41, 5.74) is 0.756. The van der Waals surface area contributed by atoms with Crippen LogP contribution in [-0.2, 0) is 0 Å². The topological polar surface area (TPSA) is 38.7 Å². The molecule has 0 fully saturated rings. The minimum Gasteiger partial charge on any atom is -0.494 e. The normalized spacial score (nSPS) is 18.7. The number of hydrogen-bond acceptors (Lipinski definition) is 4. The van der Waals surface area contributed by atoms with E-state index >= 15 is 0 Å². The van der Waals surface area contributed by atoms with Crippen LogP contribution < -0.4 is 4.74 Å². The molecular formula is C14H17NO2S. The van der Waals surface area contributed by atoms with Crippen molar-refractivity contribution in [3.8, 4) is 5.75 Å². The van der Waals surface area contributed by atoms with E-state index in [4.69, 9.17) is 4.74 Å². The van der Waals surface area contributed by atoms with E-state index in [0.29, 0.717) is 6.61 Å². The lowest BCUT2D eigenvalue weighted by Gasteiger charge is -2.03. The molecule has 1 aliphatic rings. The third kappa shape index (κ3) is 2.75. The van der Waals surface area contributed by atoms with E-state index in [-0.39, 0.29) is 17.1 Å². The fourth-order valence-electron chi connectivity index (χ4n) is 1.75. The van der Waals surface area contributed by atoms with Crippen molar-refractivity contribution < 1.29 is 9.53 Å². The van der Waals surface area contributed by atoms with E-state index in [1.54, 1.807) is 18.0 Å². The molecule has 0 radical (unpaired) electrons. The fraction of sp³-hybridized carbons (Fsp3) is 0.429. The highest BCUT2D eigenvalue weighted by Gasteiger charge is 2.30. The number of fused-ring (bicyclic) bond motifs is 1. The summed E-state index contributed by atoms with van der Waals surface area (Å²) in [6.07, 6.45) is 1.76. The second-order valence-electron chi connectivity index (χ2n) is 4.39. The number of ketones is 1. The highest BCUT2D eigenvalue weighted by Crippen LogP contribution is 2.38. The number of aliphatic imine (C=N–C) groups is 1. The molecule has 0 amide bonds. The van der Waals surface area contributed by atoms with Gasteiger partial charge in [0.25, 0.3) is 0 Å². The van der Waals surface area contributed by atoms with Crippen molar-refractivity contribution in [2.24, 2.45) is 4.99 Å². The van der Waals surface area contributed by atoms with E-state index in [1.165, 1.54) is 0 Å². The predicted molar refractivity (Wildman–Crippen MR) is 75.2 cm³/mol. The van der Waals surface area contributed by atoms with Crippen molar-refractivity contribution in [3.05, 3.63) is 23.8 Å². The summed E-state index contributed by atoms with van der Waals surface area (Å²) in [5.74, 6) is 0.882. The zero-order valence-corrected chi connectivity index (χ0v) is 11.7. The van der Waals surface area contributed by atoms with Crippen LogP contribution in [0.5, 0.6) is 5.75 Å². The van der Waals surface area contributed by atoms with E-state index < -0.39 is 0 Å². The summed E-state index contributed by atoms with van der Waals surface area (Å²) >= 11 is 1.56. The zero-order valence-electron chi connectivity index (χ0n) is 10.8. The lowest BCUT2D eigenvalue weighted by Crippen LogP contribution is -2.13. The number of carbonyl (C=O) groups excluding carboxylic acids is 1. The van der Waals surface area contributed by atoms with Gasteiger partial charge in [-0.1, -0.05) is 0 Å². The summed E-state index contributed by atoms with van der Waals surface area (Å²) in [7, 11) is 0. The van der Waals surface area contributed by atoms with Crippen LogP contribution >= 0.6 is 11.8 Å². The molecule has 0 bridgehead atoms. The highest BCUT2D eigenvalue weighted by atomic mass is 32.2. The molecule has 1 aromatic rings. The van der Waals surface area contributed by atoms with Gasteiger partial charge in [-0.15, -0.1) is 11.8 Å². The quantitative estimate of drug-likeness (QED) is 0.783. The van der Waals surface area contributed by atoms with Crippen LogP contribution in [0.2, 0.25) is 0 Å². The molecule has 2 rings (SSSR count). The molecule has 1 atom stereocenters. The maximum Gasteiger partial charge on any atom is 0.182 e. The minimum atomic E-state index is -0.181. The van der Waals surface area contributed by atoms with E-state index in [2.05, 4.69) is 4.99 Å². The molecule has 0 N–H and O–H groups in total. The Morgan fingerprint density at radius 1 is 1.50 bits per heavy atom. The average Bonchev–Trinajstić information content (AvgIpc) is 2.64. The zero-order chi connectivity index (χ0) is 13.1. The minimum absolute atomic E-state index is 0.126. The van der Waals surface area contributed by atoms with Gasteiger partial charge in [0.1, 0.15) is 11.0 Å². The van der Waals surface area contributed by atoms with Crippen molar-refractivity contribution in [1.82, 2.24) is 0 Å². The first kappa shape index (κ1) is 13.1. The van der Waals surface area contributed by atoms with Crippen LogP contribution in [0.15, 0.2) is 28.1 Å². The molecule has 0 aromatic heterocycles. The van der Waals surface area contributed by atoms with Crippen molar-refractivity contribution >= 4 is 23.8 Å². The van der Waals surface area contributed by atoms with Crippen molar-refractivity contribution in [2.75, 3.05) is 6.61 Å². The Kier molecular flexibility index (Phi) is 4.07. The van der Waals surface area contributed by atoms with Crippen molar-refractivity contribution in [2.45, 2.75) is 37.0 Å². The molecule has 1 aromatic carbocycles. The number of benzene rings is 1. The van der Waals surface area contributed by atoms with Gasteiger partial charge in [0.05, 0.1) is 6.61 Å². The molecular weight excluding hydrogens is 246 g/mol. The molecule has 96 valence electrons. The summed E-state index contributed by atoms with van der Waals surface area (Å²) in [6, 6.07) is 5.91. The number of carbonyl (C=O) groups is 1. The van der Waals surface area contributed by atoms with E-state index in [0.717, 1.165) is 16.2 Å². The first-order valence-corrected chi connectivity index (χ1v) is 7.00. The van der Waals surface area contributed by atoms with Gasteiger partial charge in [-0.3, -0.25) is 9.79 Å². The number of thioether (sulfide) groups is 1.